The lowest BCUT2D eigenvalue weighted by Crippen LogP contribution is -2.33. The molecule has 1 aliphatic rings. The molecule has 1 saturated heterocycles. The normalized spacial score (nSPS) is 16.8. The van der Waals surface area contributed by atoms with Crippen LogP contribution in [0.15, 0.2) is 0 Å². The highest BCUT2D eigenvalue weighted by atomic mass is 16.6. The molecular weight excluding hydrogens is 242 g/mol. The second-order valence-corrected chi connectivity index (χ2v) is 5.84. The average molecular weight is 269 g/mol. The second kappa shape index (κ2) is 8.18. The summed E-state index contributed by atoms with van der Waals surface area (Å²) in [4.78, 5) is 24.7. The number of imide groups is 1. The zero-order chi connectivity index (χ0) is 14.3. The van der Waals surface area contributed by atoms with Crippen molar-refractivity contribution in [3.8, 4) is 0 Å². The minimum atomic E-state index is -0.470. The Kier molecular flexibility index (Phi) is 6.89. The van der Waals surface area contributed by atoms with Gasteiger partial charge in [-0.15, -0.1) is 0 Å². The Morgan fingerprint density at radius 3 is 2.58 bits per heavy atom. The van der Waals surface area contributed by atoms with Crippen molar-refractivity contribution >= 4 is 12.0 Å². The van der Waals surface area contributed by atoms with Crippen molar-refractivity contribution in [2.24, 2.45) is 11.8 Å². The topological polar surface area (TPSA) is 46.6 Å². The molecule has 1 atom stereocenters. The van der Waals surface area contributed by atoms with E-state index in [2.05, 4.69) is 20.8 Å². The predicted octanol–water partition coefficient (Wildman–Crippen LogP) is 3.60. The summed E-state index contributed by atoms with van der Waals surface area (Å²) in [5, 5.41) is 0. The number of carbonyl (C=O) groups is 2. The molecule has 0 radical (unpaired) electrons. The largest absolute Gasteiger partial charge is 0.447 e. The van der Waals surface area contributed by atoms with Crippen LogP contribution in [0, 0.1) is 11.8 Å². The maximum absolute atomic E-state index is 12.1. The molecule has 0 N–H and O–H groups in total. The van der Waals surface area contributed by atoms with Crippen molar-refractivity contribution < 1.29 is 14.3 Å². The molecule has 110 valence electrons. The number of amides is 2. The van der Waals surface area contributed by atoms with Crippen LogP contribution >= 0.6 is 0 Å². The minimum Gasteiger partial charge on any atom is -0.447 e. The van der Waals surface area contributed by atoms with Gasteiger partial charge in [0.25, 0.3) is 0 Å². The molecule has 1 aliphatic heterocycles. The van der Waals surface area contributed by atoms with E-state index in [0.29, 0.717) is 31.4 Å². The van der Waals surface area contributed by atoms with Crippen LogP contribution in [0.25, 0.3) is 0 Å². The third-order valence-corrected chi connectivity index (χ3v) is 3.62. The molecule has 4 heteroatoms. The van der Waals surface area contributed by atoms with Gasteiger partial charge in [0.15, 0.2) is 0 Å². The quantitative estimate of drug-likeness (QED) is 0.676. The minimum absolute atomic E-state index is 0.0644. The standard InChI is InChI=1S/C15H27NO3/c1-4-6-13(8-5-7-12(2)3)11-14(17)16-9-10-19-15(16)18/h12-13H,4-11H2,1-3H3/t13-/m0/s1. The highest BCUT2D eigenvalue weighted by molar-refractivity contribution is 5.93. The molecule has 4 nitrogen and oxygen atoms in total. The maximum Gasteiger partial charge on any atom is 0.416 e. The summed E-state index contributed by atoms with van der Waals surface area (Å²) in [7, 11) is 0. The predicted molar refractivity (Wildman–Crippen MR) is 74.8 cm³/mol. The molecule has 0 aromatic carbocycles. The zero-order valence-corrected chi connectivity index (χ0v) is 12.5. The third kappa shape index (κ3) is 5.62. The van der Waals surface area contributed by atoms with Gasteiger partial charge in [-0.3, -0.25) is 4.79 Å². The fourth-order valence-corrected chi connectivity index (χ4v) is 2.55. The summed E-state index contributed by atoms with van der Waals surface area (Å²) < 4.78 is 4.81. The van der Waals surface area contributed by atoms with Crippen molar-refractivity contribution in [2.75, 3.05) is 13.2 Å². The first-order valence-electron chi connectivity index (χ1n) is 7.51. The molecular formula is C15H27NO3. The van der Waals surface area contributed by atoms with Crippen LogP contribution in [0.1, 0.15) is 59.3 Å². The van der Waals surface area contributed by atoms with E-state index in [1.54, 1.807) is 0 Å². The van der Waals surface area contributed by atoms with Gasteiger partial charge in [0.1, 0.15) is 6.61 Å². The Morgan fingerprint density at radius 2 is 2.05 bits per heavy atom. The summed E-state index contributed by atoms with van der Waals surface area (Å²) in [6.07, 6.45) is 5.63. The maximum atomic E-state index is 12.1. The first kappa shape index (κ1) is 16.0. The van der Waals surface area contributed by atoms with E-state index < -0.39 is 6.09 Å². The Hall–Kier alpha value is -1.06. The van der Waals surface area contributed by atoms with Crippen LogP contribution < -0.4 is 0 Å². The molecule has 0 aromatic rings. The van der Waals surface area contributed by atoms with Crippen LogP contribution in [-0.2, 0) is 9.53 Å². The molecule has 2 amide bonds. The molecule has 1 heterocycles. The van der Waals surface area contributed by atoms with Crippen molar-refractivity contribution in [3.63, 3.8) is 0 Å². The van der Waals surface area contributed by atoms with E-state index >= 15 is 0 Å². The van der Waals surface area contributed by atoms with Gasteiger partial charge in [-0.1, -0.05) is 46.5 Å². The highest BCUT2D eigenvalue weighted by Crippen LogP contribution is 2.22. The summed E-state index contributed by atoms with van der Waals surface area (Å²) in [5.74, 6) is 1.06. The molecule has 0 spiro atoms. The smallest absolute Gasteiger partial charge is 0.416 e. The van der Waals surface area contributed by atoms with Crippen molar-refractivity contribution in [3.05, 3.63) is 0 Å². The lowest BCUT2D eigenvalue weighted by atomic mass is 9.91. The summed E-state index contributed by atoms with van der Waals surface area (Å²) in [6.45, 7) is 7.35. The van der Waals surface area contributed by atoms with Crippen molar-refractivity contribution in [1.82, 2.24) is 4.90 Å². The highest BCUT2D eigenvalue weighted by Gasteiger charge is 2.29. The summed E-state index contributed by atoms with van der Waals surface area (Å²) in [5.41, 5.74) is 0. The lowest BCUT2D eigenvalue weighted by Gasteiger charge is -2.18. The molecule has 0 bridgehead atoms. The van der Waals surface area contributed by atoms with Gasteiger partial charge >= 0.3 is 6.09 Å². The number of hydrogen-bond acceptors (Lipinski definition) is 3. The number of carbonyl (C=O) groups excluding carboxylic acids is 2. The van der Waals surface area contributed by atoms with Crippen molar-refractivity contribution in [1.29, 1.82) is 0 Å². The molecule has 0 saturated carbocycles. The van der Waals surface area contributed by atoms with Crippen LogP contribution in [0.3, 0.4) is 0 Å². The molecule has 1 rings (SSSR count). The van der Waals surface area contributed by atoms with E-state index in [4.69, 9.17) is 4.74 Å². The Bertz CT molecular complexity index is 302. The molecule has 0 aliphatic carbocycles. The van der Waals surface area contributed by atoms with Crippen LogP contribution in [0.2, 0.25) is 0 Å². The first-order valence-corrected chi connectivity index (χ1v) is 7.51. The number of rotatable bonds is 8. The monoisotopic (exact) mass is 269 g/mol. The number of ether oxygens (including phenoxy) is 1. The van der Waals surface area contributed by atoms with Gasteiger partial charge < -0.3 is 4.74 Å². The van der Waals surface area contributed by atoms with E-state index in [1.807, 2.05) is 0 Å². The van der Waals surface area contributed by atoms with Gasteiger partial charge in [-0.05, 0) is 18.3 Å². The average Bonchev–Trinajstić information content (AvgIpc) is 2.75. The molecule has 19 heavy (non-hydrogen) atoms. The fourth-order valence-electron chi connectivity index (χ4n) is 2.55. The SMILES string of the molecule is CCC[C@@H](CCCC(C)C)CC(=O)N1CCOC1=O. The third-order valence-electron chi connectivity index (χ3n) is 3.62. The lowest BCUT2D eigenvalue weighted by molar-refractivity contribution is -0.128. The van der Waals surface area contributed by atoms with Crippen molar-refractivity contribution in [2.45, 2.75) is 59.3 Å². The van der Waals surface area contributed by atoms with Crippen LogP contribution in [0.4, 0.5) is 4.79 Å². The van der Waals surface area contributed by atoms with Crippen LogP contribution in [-0.4, -0.2) is 30.1 Å². The first-order chi connectivity index (χ1) is 9.04. The van der Waals surface area contributed by atoms with E-state index in [-0.39, 0.29) is 5.91 Å². The number of nitrogens with zero attached hydrogens (tertiary/aromatic N) is 1. The number of cyclic esters (lactones) is 1. The van der Waals surface area contributed by atoms with Gasteiger partial charge in [0, 0.05) is 6.42 Å². The summed E-state index contributed by atoms with van der Waals surface area (Å²) in [6, 6.07) is 0. The summed E-state index contributed by atoms with van der Waals surface area (Å²) >= 11 is 0. The Morgan fingerprint density at radius 1 is 1.32 bits per heavy atom. The Labute approximate surface area is 116 Å². The van der Waals surface area contributed by atoms with E-state index in [9.17, 15) is 9.59 Å². The van der Waals surface area contributed by atoms with Gasteiger partial charge in [-0.2, -0.15) is 0 Å². The van der Waals surface area contributed by atoms with Crippen LogP contribution in [0.5, 0.6) is 0 Å². The van der Waals surface area contributed by atoms with E-state index in [1.165, 1.54) is 17.7 Å². The molecule has 0 aromatic heterocycles. The zero-order valence-electron chi connectivity index (χ0n) is 12.5. The van der Waals surface area contributed by atoms with Gasteiger partial charge in [-0.25, -0.2) is 9.69 Å². The Balaban J connectivity index is 2.38. The number of hydrogen-bond donors (Lipinski definition) is 0. The molecule has 0 unspecified atom stereocenters. The van der Waals surface area contributed by atoms with Gasteiger partial charge in [0.2, 0.25) is 5.91 Å². The fraction of sp³-hybridized carbons (Fsp3) is 0.867. The molecule has 1 fully saturated rings. The van der Waals surface area contributed by atoms with E-state index in [0.717, 1.165) is 19.3 Å². The second-order valence-electron chi connectivity index (χ2n) is 5.84. The van der Waals surface area contributed by atoms with Gasteiger partial charge in [0.05, 0.1) is 6.54 Å².